The molecule has 16 heavy (non-hydrogen) atoms. The highest BCUT2D eigenvalue weighted by Crippen LogP contribution is 2.17. The Kier molecular flexibility index (Phi) is 3.59. The van der Waals surface area contributed by atoms with Crippen LogP contribution >= 0.6 is 11.3 Å². The van der Waals surface area contributed by atoms with E-state index < -0.39 is 0 Å². The molecular weight excluding hydrogens is 216 g/mol. The van der Waals surface area contributed by atoms with Gasteiger partial charge in [0.25, 0.3) is 0 Å². The fourth-order valence-corrected chi connectivity index (χ4v) is 2.32. The first-order chi connectivity index (χ1) is 7.78. The first kappa shape index (κ1) is 11.2. The summed E-state index contributed by atoms with van der Waals surface area (Å²) >= 11 is 1.77. The van der Waals surface area contributed by atoms with Gasteiger partial charge in [-0.05, 0) is 31.2 Å². The molecule has 0 radical (unpaired) electrons. The number of anilines is 1. The number of nitrogens with two attached hydrogens (primary N) is 1. The van der Waals surface area contributed by atoms with Gasteiger partial charge < -0.3 is 11.1 Å². The van der Waals surface area contributed by atoms with Gasteiger partial charge in [0, 0.05) is 28.5 Å². The number of benzene rings is 1. The van der Waals surface area contributed by atoms with Crippen LogP contribution in [0, 0.1) is 6.92 Å². The zero-order valence-electron chi connectivity index (χ0n) is 9.36. The number of aryl methyl sites for hydroxylation is 1. The third kappa shape index (κ3) is 2.84. The molecule has 0 amide bonds. The van der Waals surface area contributed by atoms with Crippen molar-refractivity contribution < 1.29 is 0 Å². The Morgan fingerprint density at radius 3 is 2.38 bits per heavy atom. The Morgan fingerprint density at radius 2 is 1.75 bits per heavy atom. The van der Waals surface area contributed by atoms with E-state index in [4.69, 9.17) is 5.73 Å². The molecule has 0 atom stereocenters. The van der Waals surface area contributed by atoms with Crippen molar-refractivity contribution in [3.05, 3.63) is 51.7 Å². The topological polar surface area (TPSA) is 38.0 Å². The maximum absolute atomic E-state index is 5.58. The molecule has 1 aromatic heterocycles. The molecule has 2 aromatic rings. The van der Waals surface area contributed by atoms with E-state index in [1.165, 1.54) is 15.3 Å². The van der Waals surface area contributed by atoms with Crippen LogP contribution in [0.4, 0.5) is 5.69 Å². The molecule has 2 rings (SSSR count). The van der Waals surface area contributed by atoms with Crippen LogP contribution in [-0.2, 0) is 13.1 Å². The minimum absolute atomic E-state index is 0.634. The number of thiophene rings is 1. The quantitative estimate of drug-likeness (QED) is 0.850. The van der Waals surface area contributed by atoms with Crippen molar-refractivity contribution in [2.45, 2.75) is 20.0 Å². The maximum Gasteiger partial charge on any atom is 0.0494 e. The maximum atomic E-state index is 5.58. The second kappa shape index (κ2) is 5.14. The Morgan fingerprint density at radius 1 is 1.06 bits per heavy atom. The molecule has 0 spiro atoms. The van der Waals surface area contributed by atoms with Crippen molar-refractivity contribution in [2.24, 2.45) is 5.73 Å². The molecule has 0 aliphatic heterocycles. The van der Waals surface area contributed by atoms with Crippen LogP contribution in [0.5, 0.6) is 0 Å². The third-order valence-corrected chi connectivity index (χ3v) is 3.54. The van der Waals surface area contributed by atoms with E-state index in [-0.39, 0.29) is 0 Å². The standard InChI is InChI=1S/C13H16N2S/c1-10-2-4-11(5-3-10)15-9-13-7-6-12(8-14)16-13/h2-7,15H,8-9,14H2,1H3. The monoisotopic (exact) mass is 232 g/mol. The summed E-state index contributed by atoms with van der Waals surface area (Å²) in [5, 5.41) is 3.40. The molecule has 0 fully saturated rings. The molecule has 1 aromatic carbocycles. The summed E-state index contributed by atoms with van der Waals surface area (Å²) in [6, 6.07) is 12.7. The normalized spacial score (nSPS) is 10.4. The van der Waals surface area contributed by atoms with Gasteiger partial charge in [-0.2, -0.15) is 0 Å². The zero-order chi connectivity index (χ0) is 11.4. The van der Waals surface area contributed by atoms with Gasteiger partial charge in [-0.15, -0.1) is 11.3 Å². The van der Waals surface area contributed by atoms with Crippen LogP contribution in [-0.4, -0.2) is 0 Å². The minimum Gasteiger partial charge on any atom is -0.380 e. The molecule has 3 N–H and O–H groups in total. The molecule has 0 unspecified atom stereocenters. The summed E-state index contributed by atoms with van der Waals surface area (Å²) < 4.78 is 0. The van der Waals surface area contributed by atoms with Crippen molar-refractivity contribution in [1.29, 1.82) is 0 Å². The van der Waals surface area contributed by atoms with Gasteiger partial charge in [0.2, 0.25) is 0 Å². The largest absolute Gasteiger partial charge is 0.380 e. The molecule has 2 nitrogen and oxygen atoms in total. The highest BCUT2D eigenvalue weighted by molar-refractivity contribution is 7.11. The van der Waals surface area contributed by atoms with Gasteiger partial charge in [0.1, 0.15) is 0 Å². The number of nitrogens with one attached hydrogen (secondary N) is 1. The van der Waals surface area contributed by atoms with Gasteiger partial charge in [0.15, 0.2) is 0 Å². The summed E-state index contributed by atoms with van der Waals surface area (Å²) in [7, 11) is 0. The van der Waals surface area contributed by atoms with Crippen LogP contribution in [0.2, 0.25) is 0 Å². The van der Waals surface area contributed by atoms with Crippen LogP contribution in [0.1, 0.15) is 15.3 Å². The number of rotatable bonds is 4. The van der Waals surface area contributed by atoms with Crippen LogP contribution in [0.25, 0.3) is 0 Å². The summed E-state index contributed by atoms with van der Waals surface area (Å²) in [5.74, 6) is 0. The lowest BCUT2D eigenvalue weighted by Crippen LogP contribution is -1.96. The molecule has 0 bridgehead atoms. The Balaban J connectivity index is 1.94. The van der Waals surface area contributed by atoms with Gasteiger partial charge >= 0.3 is 0 Å². The fraction of sp³-hybridized carbons (Fsp3) is 0.231. The molecule has 0 aliphatic rings. The van der Waals surface area contributed by atoms with E-state index >= 15 is 0 Å². The summed E-state index contributed by atoms with van der Waals surface area (Å²) in [5.41, 5.74) is 8.02. The molecule has 84 valence electrons. The van der Waals surface area contributed by atoms with E-state index in [1.54, 1.807) is 11.3 Å². The summed E-state index contributed by atoms with van der Waals surface area (Å²) in [6.45, 7) is 3.60. The van der Waals surface area contributed by atoms with Gasteiger partial charge in [-0.3, -0.25) is 0 Å². The second-order valence-corrected chi connectivity index (χ2v) is 5.04. The lowest BCUT2D eigenvalue weighted by Gasteiger charge is -2.04. The zero-order valence-corrected chi connectivity index (χ0v) is 10.2. The third-order valence-electron chi connectivity index (χ3n) is 2.44. The number of hydrogen-bond donors (Lipinski definition) is 2. The average molecular weight is 232 g/mol. The Bertz CT molecular complexity index is 445. The predicted molar refractivity (Wildman–Crippen MR) is 70.7 cm³/mol. The van der Waals surface area contributed by atoms with Crippen molar-refractivity contribution in [3.63, 3.8) is 0 Å². The van der Waals surface area contributed by atoms with Crippen molar-refractivity contribution in [1.82, 2.24) is 0 Å². The Hall–Kier alpha value is -1.32. The SMILES string of the molecule is Cc1ccc(NCc2ccc(CN)s2)cc1. The Labute approximate surface area is 100 Å². The highest BCUT2D eigenvalue weighted by Gasteiger charge is 1.98. The molecule has 0 saturated carbocycles. The average Bonchev–Trinajstić information content (AvgIpc) is 2.76. The van der Waals surface area contributed by atoms with Crippen LogP contribution in [0.15, 0.2) is 36.4 Å². The van der Waals surface area contributed by atoms with E-state index in [9.17, 15) is 0 Å². The van der Waals surface area contributed by atoms with E-state index in [0.717, 1.165) is 12.2 Å². The van der Waals surface area contributed by atoms with Crippen molar-refractivity contribution >= 4 is 17.0 Å². The second-order valence-electron chi connectivity index (χ2n) is 3.79. The van der Waals surface area contributed by atoms with E-state index in [1.807, 2.05) is 0 Å². The highest BCUT2D eigenvalue weighted by atomic mass is 32.1. The predicted octanol–water partition coefficient (Wildman–Crippen LogP) is 3.13. The van der Waals surface area contributed by atoms with E-state index in [0.29, 0.717) is 6.54 Å². The number of hydrogen-bond acceptors (Lipinski definition) is 3. The summed E-state index contributed by atoms with van der Waals surface area (Å²) in [6.07, 6.45) is 0. The van der Waals surface area contributed by atoms with Gasteiger partial charge in [-0.1, -0.05) is 17.7 Å². The molecule has 0 saturated heterocycles. The van der Waals surface area contributed by atoms with Crippen molar-refractivity contribution in [2.75, 3.05) is 5.32 Å². The first-order valence-electron chi connectivity index (χ1n) is 5.36. The first-order valence-corrected chi connectivity index (χ1v) is 6.18. The van der Waals surface area contributed by atoms with Gasteiger partial charge in [-0.25, -0.2) is 0 Å². The van der Waals surface area contributed by atoms with Gasteiger partial charge in [0.05, 0.1) is 0 Å². The lowest BCUT2D eigenvalue weighted by molar-refractivity contribution is 1.11. The lowest BCUT2D eigenvalue weighted by atomic mass is 10.2. The molecule has 1 heterocycles. The minimum atomic E-state index is 0.634. The van der Waals surface area contributed by atoms with E-state index in [2.05, 4.69) is 48.6 Å². The molecule has 0 aliphatic carbocycles. The smallest absolute Gasteiger partial charge is 0.0494 e. The van der Waals surface area contributed by atoms with Crippen LogP contribution < -0.4 is 11.1 Å². The van der Waals surface area contributed by atoms with Crippen molar-refractivity contribution in [3.8, 4) is 0 Å². The molecular formula is C13H16N2S. The fourth-order valence-electron chi connectivity index (χ4n) is 1.49. The molecule has 3 heteroatoms. The summed E-state index contributed by atoms with van der Waals surface area (Å²) in [4.78, 5) is 2.56. The van der Waals surface area contributed by atoms with Crippen LogP contribution in [0.3, 0.4) is 0 Å².